The molecule has 0 amide bonds. The largest absolute Gasteiger partial charge is 0.314 e. The Labute approximate surface area is 125 Å². The molecule has 2 aromatic carbocycles. The number of aromatic amines is 2. The van der Waals surface area contributed by atoms with Crippen LogP contribution >= 0.6 is 23.4 Å². The highest BCUT2D eigenvalue weighted by Gasteiger charge is 2.13. The molecule has 3 aromatic rings. The number of rotatable bonds is 4. The second-order valence-corrected chi connectivity index (χ2v) is 5.77. The SMILES string of the molecule is O=C(CSc1[nH]c2ccccc2[nH+]1)c1ccc(Cl)cc1. The summed E-state index contributed by atoms with van der Waals surface area (Å²) in [6.45, 7) is 0. The minimum atomic E-state index is 0.0822. The number of hydrogen-bond acceptors (Lipinski definition) is 2. The lowest BCUT2D eigenvalue weighted by molar-refractivity contribution is -0.396. The molecule has 3 rings (SSSR count). The Balaban J connectivity index is 1.69. The number of benzene rings is 2. The Morgan fingerprint density at radius 2 is 1.90 bits per heavy atom. The number of fused-ring (bicyclic) bond motifs is 1. The molecule has 2 N–H and O–H groups in total. The van der Waals surface area contributed by atoms with Crippen molar-refractivity contribution in [2.75, 3.05) is 5.75 Å². The fourth-order valence-electron chi connectivity index (χ4n) is 1.91. The van der Waals surface area contributed by atoms with Gasteiger partial charge >= 0.3 is 5.16 Å². The van der Waals surface area contributed by atoms with Gasteiger partial charge in [-0.15, -0.1) is 0 Å². The molecule has 0 fully saturated rings. The van der Waals surface area contributed by atoms with Gasteiger partial charge in [-0.3, -0.25) is 4.79 Å². The molecular formula is C15H12ClN2OS+. The van der Waals surface area contributed by atoms with Gasteiger partial charge in [-0.1, -0.05) is 23.7 Å². The number of imidazole rings is 1. The van der Waals surface area contributed by atoms with E-state index in [1.807, 2.05) is 24.3 Å². The first-order chi connectivity index (χ1) is 9.72. The van der Waals surface area contributed by atoms with Gasteiger partial charge in [0.2, 0.25) is 0 Å². The van der Waals surface area contributed by atoms with Crippen LogP contribution in [0.2, 0.25) is 5.02 Å². The number of ketones is 1. The molecule has 20 heavy (non-hydrogen) atoms. The molecular weight excluding hydrogens is 292 g/mol. The molecule has 0 atom stereocenters. The predicted octanol–water partition coefficient (Wildman–Crippen LogP) is 3.61. The van der Waals surface area contributed by atoms with Gasteiger partial charge in [0, 0.05) is 10.6 Å². The third kappa shape index (κ3) is 2.86. The predicted molar refractivity (Wildman–Crippen MR) is 81.4 cm³/mol. The molecule has 0 aliphatic heterocycles. The van der Waals surface area contributed by atoms with Crippen molar-refractivity contribution in [2.45, 2.75) is 5.16 Å². The summed E-state index contributed by atoms with van der Waals surface area (Å²) in [6.07, 6.45) is 0. The van der Waals surface area contributed by atoms with Gasteiger partial charge in [0.25, 0.3) is 0 Å². The van der Waals surface area contributed by atoms with Crippen molar-refractivity contribution < 1.29 is 9.78 Å². The van der Waals surface area contributed by atoms with Crippen LogP contribution in [0.5, 0.6) is 0 Å². The summed E-state index contributed by atoms with van der Waals surface area (Å²) in [4.78, 5) is 18.5. The zero-order chi connectivity index (χ0) is 13.9. The number of aromatic nitrogens is 2. The van der Waals surface area contributed by atoms with E-state index in [0.717, 1.165) is 16.2 Å². The molecule has 0 spiro atoms. The third-order valence-electron chi connectivity index (χ3n) is 2.94. The van der Waals surface area contributed by atoms with Crippen LogP contribution in [0.3, 0.4) is 0 Å². The van der Waals surface area contributed by atoms with E-state index in [9.17, 15) is 4.79 Å². The van der Waals surface area contributed by atoms with Crippen molar-refractivity contribution in [1.82, 2.24) is 4.98 Å². The molecule has 3 nitrogen and oxygen atoms in total. The normalized spacial score (nSPS) is 10.8. The van der Waals surface area contributed by atoms with Crippen LogP contribution in [-0.4, -0.2) is 16.5 Å². The Morgan fingerprint density at radius 1 is 1.15 bits per heavy atom. The zero-order valence-electron chi connectivity index (χ0n) is 10.5. The van der Waals surface area contributed by atoms with E-state index < -0.39 is 0 Å². The summed E-state index contributed by atoms with van der Waals surface area (Å²) in [5.74, 6) is 0.462. The number of H-pyrrole nitrogens is 2. The van der Waals surface area contributed by atoms with Gasteiger partial charge in [0.15, 0.2) is 16.8 Å². The number of nitrogens with one attached hydrogen (secondary N) is 2. The monoisotopic (exact) mass is 303 g/mol. The number of hydrogen-bond donors (Lipinski definition) is 1. The van der Waals surface area contributed by atoms with E-state index in [4.69, 9.17) is 11.6 Å². The molecule has 0 saturated heterocycles. The summed E-state index contributed by atoms with van der Waals surface area (Å²) < 4.78 is 0. The number of Topliss-reactive ketones (excluding diaryl/α,β-unsaturated/α-hetero) is 1. The lowest BCUT2D eigenvalue weighted by Gasteiger charge is -1.98. The number of carbonyl (C=O) groups is 1. The lowest BCUT2D eigenvalue weighted by Crippen LogP contribution is -2.06. The number of halogens is 1. The van der Waals surface area contributed by atoms with E-state index in [0.29, 0.717) is 16.3 Å². The Kier molecular flexibility index (Phi) is 3.76. The molecule has 5 heteroatoms. The van der Waals surface area contributed by atoms with Crippen molar-refractivity contribution in [2.24, 2.45) is 0 Å². The Morgan fingerprint density at radius 3 is 2.65 bits per heavy atom. The van der Waals surface area contributed by atoms with E-state index >= 15 is 0 Å². The molecule has 0 saturated carbocycles. The van der Waals surface area contributed by atoms with E-state index in [1.165, 1.54) is 11.8 Å². The first kappa shape index (κ1) is 13.2. The summed E-state index contributed by atoms with van der Waals surface area (Å²) in [5.41, 5.74) is 2.75. The van der Waals surface area contributed by atoms with Crippen LogP contribution < -0.4 is 4.98 Å². The maximum Gasteiger partial charge on any atom is 0.314 e. The fourth-order valence-corrected chi connectivity index (χ4v) is 2.84. The molecule has 0 aliphatic carbocycles. The smallest absolute Gasteiger partial charge is 0.293 e. The van der Waals surface area contributed by atoms with E-state index in [1.54, 1.807) is 24.3 Å². The summed E-state index contributed by atoms with van der Waals surface area (Å²) in [6, 6.07) is 14.9. The average Bonchev–Trinajstić information content (AvgIpc) is 2.88. The average molecular weight is 304 g/mol. The van der Waals surface area contributed by atoms with Gasteiger partial charge in [0.1, 0.15) is 0 Å². The van der Waals surface area contributed by atoms with Crippen LogP contribution in [0, 0.1) is 0 Å². The second kappa shape index (κ2) is 5.69. The minimum absolute atomic E-state index is 0.0822. The maximum atomic E-state index is 12.1. The lowest BCUT2D eigenvalue weighted by atomic mass is 10.1. The van der Waals surface area contributed by atoms with Crippen LogP contribution in [-0.2, 0) is 0 Å². The fraction of sp³-hybridized carbons (Fsp3) is 0.0667. The summed E-state index contributed by atoms with van der Waals surface area (Å²) in [5, 5.41) is 1.52. The Bertz CT molecular complexity index is 719. The van der Waals surface area contributed by atoms with E-state index in [2.05, 4.69) is 9.97 Å². The van der Waals surface area contributed by atoms with Crippen molar-refractivity contribution in [1.29, 1.82) is 0 Å². The van der Waals surface area contributed by atoms with Crippen molar-refractivity contribution in [3.63, 3.8) is 0 Å². The first-order valence-electron chi connectivity index (χ1n) is 6.14. The number of carbonyl (C=O) groups excluding carboxylic acids is 1. The number of para-hydroxylation sites is 2. The van der Waals surface area contributed by atoms with Crippen molar-refractivity contribution in [3.8, 4) is 0 Å². The van der Waals surface area contributed by atoms with Crippen LogP contribution in [0.1, 0.15) is 10.4 Å². The molecule has 0 radical (unpaired) electrons. The van der Waals surface area contributed by atoms with Gasteiger partial charge in [0.05, 0.1) is 5.75 Å². The molecule has 1 aromatic heterocycles. The summed E-state index contributed by atoms with van der Waals surface area (Å²) in [7, 11) is 0. The summed E-state index contributed by atoms with van der Waals surface area (Å²) >= 11 is 7.27. The van der Waals surface area contributed by atoms with Gasteiger partial charge in [-0.25, -0.2) is 9.97 Å². The van der Waals surface area contributed by atoms with Crippen molar-refractivity contribution >= 4 is 40.2 Å². The molecule has 0 aliphatic rings. The first-order valence-corrected chi connectivity index (χ1v) is 7.50. The zero-order valence-corrected chi connectivity index (χ0v) is 12.1. The molecule has 0 unspecified atom stereocenters. The molecule has 0 bridgehead atoms. The second-order valence-electron chi connectivity index (χ2n) is 4.34. The van der Waals surface area contributed by atoms with Gasteiger partial charge in [-0.2, -0.15) is 0 Å². The topological polar surface area (TPSA) is 47.0 Å². The van der Waals surface area contributed by atoms with Crippen LogP contribution in [0.15, 0.2) is 53.7 Å². The van der Waals surface area contributed by atoms with Crippen molar-refractivity contribution in [3.05, 3.63) is 59.1 Å². The quantitative estimate of drug-likeness (QED) is 0.591. The van der Waals surface area contributed by atoms with Gasteiger partial charge in [-0.05, 0) is 48.2 Å². The molecule has 100 valence electrons. The van der Waals surface area contributed by atoms with Crippen LogP contribution in [0.4, 0.5) is 0 Å². The van der Waals surface area contributed by atoms with E-state index in [-0.39, 0.29) is 5.78 Å². The minimum Gasteiger partial charge on any atom is -0.293 e. The highest BCUT2D eigenvalue weighted by molar-refractivity contribution is 7.99. The third-order valence-corrected chi connectivity index (χ3v) is 4.09. The highest BCUT2D eigenvalue weighted by Crippen LogP contribution is 2.17. The Hall–Kier alpha value is -1.78. The number of thioether (sulfide) groups is 1. The van der Waals surface area contributed by atoms with Gasteiger partial charge < -0.3 is 0 Å². The standard InChI is InChI=1S/C15H11ClN2OS/c16-11-7-5-10(6-8-11)14(19)9-20-15-17-12-3-1-2-4-13(12)18-15/h1-8H,9H2,(H,17,18)/p+1. The van der Waals surface area contributed by atoms with Crippen LogP contribution in [0.25, 0.3) is 11.0 Å². The maximum absolute atomic E-state index is 12.1. The molecule has 1 heterocycles. The highest BCUT2D eigenvalue weighted by atomic mass is 35.5.